The Balaban J connectivity index is 0. The van der Waals surface area contributed by atoms with E-state index >= 15 is 0 Å². The van der Waals surface area contributed by atoms with Gasteiger partial charge in [-0.15, -0.1) is 12.4 Å². The normalized spacial score (nSPS) is 10.7. The summed E-state index contributed by atoms with van der Waals surface area (Å²) < 4.78 is 5.13. The minimum atomic E-state index is -0.410. The van der Waals surface area contributed by atoms with E-state index in [0.29, 0.717) is 6.54 Å². The highest BCUT2D eigenvalue weighted by molar-refractivity contribution is 5.85. The maximum atomic E-state index is 11.3. The fraction of sp³-hybridized carbons (Fsp3) is 0.923. The number of carbonyl (C=O) groups excluding carboxylic acids is 1. The van der Waals surface area contributed by atoms with Crippen LogP contribution in [0.15, 0.2) is 0 Å². The van der Waals surface area contributed by atoms with Crippen molar-refractivity contribution in [1.29, 1.82) is 0 Å². The summed E-state index contributed by atoms with van der Waals surface area (Å²) in [5, 5.41) is 2.76. The second-order valence-corrected chi connectivity index (χ2v) is 5.34. The van der Waals surface area contributed by atoms with Crippen LogP contribution in [0.4, 0.5) is 4.79 Å². The van der Waals surface area contributed by atoms with E-state index in [-0.39, 0.29) is 18.5 Å². The fourth-order valence-electron chi connectivity index (χ4n) is 1.48. The molecule has 4 nitrogen and oxygen atoms in total. The molecule has 0 aliphatic heterocycles. The molecule has 0 aromatic carbocycles. The Morgan fingerprint density at radius 1 is 1.06 bits per heavy atom. The Morgan fingerprint density at radius 2 is 1.56 bits per heavy atom. The third-order valence-electron chi connectivity index (χ3n) is 2.30. The number of amides is 1. The largest absolute Gasteiger partial charge is 0.444 e. The molecule has 0 radical (unpaired) electrons. The van der Waals surface area contributed by atoms with Crippen LogP contribution in [0.25, 0.3) is 0 Å². The van der Waals surface area contributed by atoms with Crippen LogP contribution < -0.4 is 11.1 Å². The van der Waals surface area contributed by atoms with Crippen LogP contribution in [0.3, 0.4) is 0 Å². The molecular weight excluding hydrogens is 252 g/mol. The monoisotopic (exact) mass is 280 g/mol. The van der Waals surface area contributed by atoms with Crippen LogP contribution in [0, 0.1) is 0 Å². The van der Waals surface area contributed by atoms with E-state index in [1.165, 1.54) is 19.3 Å². The molecule has 0 spiro atoms. The van der Waals surface area contributed by atoms with Gasteiger partial charge in [0.05, 0.1) is 0 Å². The number of hydrogen-bond donors (Lipinski definition) is 2. The molecule has 0 atom stereocenters. The van der Waals surface area contributed by atoms with Gasteiger partial charge in [-0.25, -0.2) is 4.79 Å². The van der Waals surface area contributed by atoms with Crippen molar-refractivity contribution in [1.82, 2.24) is 5.32 Å². The number of ether oxygens (including phenoxy) is 1. The first-order chi connectivity index (χ1) is 7.95. The van der Waals surface area contributed by atoms with Crippen molar-refractivity contribution in [3.8, 4) is 0 Å². The van der Waals surface area contributed by atoms with Gasteiger partial charge in [-0.1, -0.05) is 25.7 Å². The standard InChI is InChI=1S/C13H28N2O2.ClH/c1-13(2,3)17-12(16)15-11-9-7-5-4-6-8-10-14;/h4-11,14H2,1-3H3,(H,15,16);1H. The van der Waals surface area contributed by atoms with Gasteiger partial charge in [-0.05, 0) is 40.2 Å². The molecule has 0 aromatic heterocycles. The third kappa shape index (κ3) is 15.5. The lowest BCUT2D eigenvalue weighted by Crippen LogP contribution is -2.32. The third-order valence-corrected chi connectivity index (χ3v) is 2.30. The first kappa shape index (κ1) is 19.9. The van der Waals surface area contributed by atoms with Crippen LogP contribution >= 0.6 is 12.4 Å². The van der Waals surface area contributed by atoms with Gasteiger partial charge in [-0.3, -0.25) is 0 Å². The minimum Gasteiger partial charge on any atom is -0.444 e. The molecule has 0 bridgehead atoms. The molecule has 0 aliphatic carbocycles. The summed E-state index contributed by atoms with van der Waals surface area (Å²) in [6, 6.07) is 0. The van der Waals surface area contributed by atoms with Gasteiger partial charge in [0, 0.05) is 6.54 Å². The van der Waals surface area contributed by atoms with Crippen LogP contribution in [-0.4, -0.2) is 24.8 Å². The lowest BCUT2D eigenvalue weighted by molar-refractivity contribution is 0.0527. The zero-order valence-electron chi connectivity index (χ0n) is 12.0. The fourth-order valence-corrected chi connectivity index (χ4v) is 1.48. The topological polar surface area (TPSA) is 64.3 Å². The number of alkyl carbamates (subject to hydrolysis) is 1. The number of carbonyl (C=O) groups is 1. The second-order valence-electron chi connectivity index (χ2n) is 5.34. The number of rotatable bonds is 8. The first-order valence-electron chi connectivity index (χ1n) is 6.62. The smallest absolute Gasteiger partial charge is 0.407 e. The van der Waals surface area contributed by atoms with Crippen molar-refractivity contribution >= 4 is 18.5 Å². The summed E-state index contributed by atoms with van der Waals surface area (Å²) in [4.78, 5) is 11.3. The van der Waals surface area contributed by atoms with Crippen LogP contribution in [0.2, 0.25) is 0 Å². The molecule has 0 rings (SSSR count). The van der Waals surface area contributed by atoms with Gasteiger partial charge in [-0.2, -0.15) is 0 Å². The highest BCUT2D eigenvalue weighted by Crippen LogP contribution is 2.07. The maximum absolute atomic E-state index is 11.3. The predicted molar refractivity (Wildman–Crippen MR) is 78.2 cm³/mol. The Labute approximate surface area is 117 Å². The molecule has 0 fully saturated rings. The predicted octanol–water partition coefficient (Wildman–Crippen LogP) is 3.23. The summed E-state index contributed by atoms with van der Waals surface area (Å²) in [6.45, 7) is 7.09. The zero-order chi connectivity index (χ0) is 13.1. The zero-order valence-corrected chi connectivity index (χ0v) is 12.8. The Morgan fingerprint density at radius 3 is 2.06 bits per heavy atom. The molecule has 18 heavy (non-hydrogen) atoms. The molecule has 0 saturated carbocycles. The molecule has 0 heterocycles. The number of halogens is 1. The van der Waals surface area contributed by atoms with Crippen LogP contribution in [0.5, 0.6) is 0 Å². The molecule has 0 unspecified atom stereocenters. The molecule has 110 valence electrons. The SMILES string of the molecule is CC(C)(C)OC(=O)NCCCCCCCCN.Cl. The van der Waals surface area contributed by atoms with E-state index in [4.69, 9.17) is 10.5 Å². The summed E-state index contributed by atoms with van der Waals surface area (Å²) in [5.41, 5.74) is 5.00. The van der Waals surface area contributed by atoms with E-state index in [1.807, 2.05) is 20.8 Å². The van der Waals surface area contributed by atoms with Crippen molar-refractivity contribution in [2.75, 3.05) is 13.1 Å². The molecule has 3 N–H and O–H groups in total. The van der Waals surface area contributed by atoms with Gasteiger partial charge in [0.25, 0.3) is 0 Å². The summed E-state index contributed by atoms with van der Waals surface area (Å²) in [6.07, 6.45) is 6.65. The Kier molecular flexibility index (Phi) is 12.8. The van der Waals surface area contributed by atoms with Crippen LogP contribution in [-0.2, 0) is 4.74 Å². The number of nitrogens with one attached hydrogen (secondary N) is 1. The molecule has 1 amide bonds. The number of unbranched alkanes of at least 4 members (excludes halogenated alkanes) is 5. The number of nitrogens with two attached hydrogens (primary N) is 1. The Hall–Kier alpha value is -0.480. The maximum Gasteiger partial charge on any atom is 0.407 e. The van der Waals surface area contributed by atoms with E-state index in [1.54, 1.807) is 0 Å². The van der Waals surface area contributed by atoms with Crippen molar-refractivity contribution in [3.63, 3.8) is 0 Å². The van der Waals surface area contributed by atoms with Gasteiger partial charge >= 0.3 is 6.09 Å². The lowest BCUT2D eigenvalue weighted by Gasteiger charge is -2.19. The number of hydrogen-bond acceptors (Lipinski definition) is 3. The lowest BCUT2D eigenvalue weighted by atomic mass is 10.1. The van der Waals surface area contributed by atoms with Gasteiger partial charge in [0.15, 0.2) is 0 Å². The van der Waals surface area contributed by atoms with Crippen molar-refractivity contribution in [2.45, 2.75) is 64.9 Å². The molecule has 5 heteroatoms. The summed E-state index contributed by atoms with van der Waals surface area (Å²) >= 11 is 0. The molecular formula is C13H29ClN2O2. The van der Waals surface area contributed by atoms with E-state index in [9.17, 15) is 4.79 Å². The van der Waals surface area contributed by atoms with Crippen molar-refractivity contribution in [2.24, 2.45) is 5.73 Å². The van der Waals surface area contributed by atoms with Gasteiger partial charge in [0.2, 0.25) is 0 Å². The molecule has 0 aromatic rings. The summed E-state index contributed by atoms with van der Waals surface area (Å²) in [7, 11) is 0. The van der Waals surface area contributed by atoms with Gasteiger partial charge in [0.1, 0.15) is 5.60 Å². The minimum absolute atomic E-state index is 0. The molecule has 0 aliphatic rings. The average molecular weight is 281 g/mol. The highest BCUT2D eigenvalue weighted by Gasteiger charge is 2.15. The second kappa shape index (κ2) is 11.6. The highest BCUT2D eigenvalue weighted by atomic mass is 35.5. The quantitative estimate of drug-likeness (QED) is 0.671. The van der Waals surface area contributed by atoms with E-state index < -0.39 is 5.60 Å². The Bertz CT molecular complexity index is 206. The van der Waals surface area contributed by atoms with Crippen LogP contribution in [0.1, 0.15) is 59.3 Å². The average Bonchev–Trinajstić information content (AvgIpc) is 2.19. The van der Waals surface area contributed by atoms with Gasteiger partial charge < -0.3 is 15.8 Å². The van der Waals surface area contributed by atoms with E-state index in [0.717, 1.165) is 25.8 Å². The van der Waals surface area contributed by atoms with Crippen molar-refractivity contribution in [3.05, 3.63) is 0 Å². The summed E-state index contributed by atoms with van der Waals surface area (Å²) in [5.74, 6) is 0. The molecule has 0 saturated heterocycles. The van der Waals surface area contributed by atoms with E-state index in [2.05, 4.69) is 5.32 Å². The first-order valence-corrected chi connectivity index (χ1v) is 6.62. The van der Waals surface area contributed by atoms with Crippen molar-refractivity contribution < 1.29 is 9.53 Å².